The molecule has 2 aromatic rings. The van der Waals surface area contributed by atoms with Crippen molar-refractivity contribution in [2.24, 2.45) is 0 Å². The van der Waals surface area contributed by atoms with Gasteiger partial charge in [0.15, 0.2) is 11.8 Å². The van der Waals surface area contributed by atoms with E-state index >= 15 is 0 Å². The fourth-order valence-electron chi connectivity index (χ4n) is 3.36. The number of aliphatic hydroxyl groups excluding tert-OH is 1. The van der Waals surface area contributed by atoms with E-state index in [2.05, 4.69) is 22.0 Å². The first kappa shape index (κ1) is 13.2. The third kappa shape index (κ3) is 2.05. The smallest absolute Gasteiger partial charge is 0.167 e. The lowest BCUT2D eigenvalue weighted by atomic mass is 9.95. The van der Waals surface area contributed by atoms with Crippen LogP contribution in [-0.4, -0.2) is 23.5 Å². The van der Waals surface area contributed by atoms with Gasteiger partial charge >= 0.3 is 0 Å². The number of rotatable bonds is 1. The molecular formula is C17H16BrNO2. The number of ether oxygens (including phenoxy) is 1. The highest BCUT2D eigenvalue weighted by atomic mass is 79.9. The summed E-state index contributed by atoms with van der Waals surface area (Å²) in [5.74, 6) is 0.911. The largest absolute Gasteiger partial charge is 0.482 e. The number of fused-ring (bicyclic) bond motifs is 1. The first-order chi connectivity index (χ1) is 10.2. The Bertz CT molecular complexity index is 646. The lowest BCUT2D eigenvalue weighted by Crippen LogP contribution is -2.48. The van der Waals surface area contributed by atoms with E-state index < -0.39 is 11.8 Å². The highest BCUT2D eigenvalue weighted by Crippen LogP contribution is 2.44. The van der Waals surface area contributed by atoms with E-state index in [4.69, 9.17) is 4.74 Å². The minimum absolute atomic E-state index is 0.503. The number of para-hydroxylation sites is 1. The van der Waals surface area contributed by atoms with Gasteiger partial charge in [-0.25, -0.2) is 0 Å². The summed E-state index contributed by atoms with van der Waals surface area (Å²) >= 11 is 3.44. The average molecular weight is 346 g/mol. The monoisotopic (exact) mass is 345 g/mol. The van der Waals surface area contributed by atoms with Gasteiger partial charge in [0.05, 0.1) is 0 Å². The molecular weight excluding hydrogens is 330 g/mol. The topological polar surface area (TPSA) is 32.7 Å². The summed E-state index contributed by atoms with van der Waals surface area (Å²) in [6, 6.07) is 16.1. The molecule has 2 aliphatic heterocycles. The SMILES string of the molecule is OC1N(c2ccc(Br)cc2)CCC12Cc1ccccc1O2. The number of hydrogen-bond donors (Lipinski definition) is 1. The Kier molecular flexibility index (Phi) is 2.98. The van der Waals surface area contributed by atoms with Gasteiger partial charge in [0.1, 0.15) is 5.75 Å². The maximum atomic E-state index is 10.8. The molecule has 1 fully saturated rings. The quantitative estimate of drug-likeness (QED) is 0.860. The molecule has 21 heavy (non-hydrogen) atoms. The summed E-state index contributed by atoms with van der Waals surface area (Å²) in [5, 5.41) is 10.8. The van der Waals surface area contributed by atoms with Crippen LogP contribution in [0.5, 0.6) is 5.75 Å². The maximum absolute atomic E-state index is 10.8. The number of anilines is 1. The third-order valence-electron chi connectivity index (χ3n) is 4.48. The summed E-state index contributed by atoms with van der Waals surface area (Å²) < 4.78 is 7.18. The average Bonchev–Trinajstić information content (AvgIpc) is 3.02. The summed E-state index contributed by atoms with van der Waals surface area (Å²) in [5.41, 5.74) is 1.72. The van der Waals surface area contributed by atoms with Gasteiger partial charge in [-0.1, -0.05) is 34.1 Å². The van der Waals surface area contributed by atoms with Crippen LogP contribution in [0.2, 0.25) is 0 Å². The van der Waals surface area contributed by atoms with Gasteiger partial charge in [0.2, 0.25) is 0 Å². The molecule has 108 valence electrons. The minimum atomic E-state index is -0.619. The summed E-state index contributed by atoms with van der Waals surface area (Å²) in [7, 11) is 0. The van der Waals surface area contributed by atoms with Gasteiger partial charge in [-0.15, -0.1) is 0 Å². The van der Waals surface area contributed by atoms with E-state index in [0.717, 1.165) is 35.3 Å². The zero-order valence-corrected chi connectivity index (χ0v) is 13.1. The minimum Gasteiger partial charge on any atom is -0.482 e. The zero-order chi connectivity index (χ0) is 14.4. The second kappa shape index (κ2) is 4.75. The Hall–Kier alpha value is -1.52. The van der Waals surface area contributed by atoms with Crippen molar-refractivity contribution in [1.82, 2.24) is 0 Å². The molecule has 1 N–H and O–H groups in total. The van der Waals surface area contributed by atoms with Gasteiger partial charge < -0.3 is 14.7 Å². The van der Waals surface area contributed by atoms with Crippen molar-refractivity contribution < 1.29 is 9.84 Å². The summed E-state index contributed by atoms with van der Waals surface area (Å²) in [6.45, 7) is 0.802. The molecule has 4 rings (SSSR count). The van der Waals surface area contributed by atoms with Crippen LogP contribution in [0.1, 0.15) is 12.0 Å². The molecule has 0 amide bonds. The molecule has 2 aromatic carbocycles. The number of hydrogen-bond acceptors (Lipinski definition) is 3. The normalized spacial score (nSPS) is 27.0. The molecule has 0 aliphatic carbocycles. The molecule has 0 aromatic heterocycles. The van der Waals surface area contributed by atoms with Crippen LogP contribution in [0.15, 0.2) is 53.0 Å². The lowest BCUT2D eigenvalue weighted by Gasteiger charge is -2.31. The van der Waals surface area contributed by atoms with Gasteiger partial charge in [0.25, 0.3) is 0 Å². The predicted molar refractivity (Wildman–Crippen MR) is 85.6 cm³/mol. The van der Waals surface area contributed by atoms with Crippen molar-refractivity contribution in [3.63, 3.8) is 0 Å². The van der Waals surface area contributed by atoms with E-state index in [1.807, 2.05) is 47.4 Å². The first-order valence-corrected chi connectivity index (χ1v) is 7.94. The molecule has 0 saturated carbocycles. The fourth-order valence-corrected chi connectivity index (χ4v) is 3.62. The second-order valence-electron chi connectivity index (χ2n) is 5.74. The molecule has 0 bridgehead atoms. The van der Waals surface area contributed by atoms with E-state index in [9.17, 15) is 5.11 Å². The van der Waals surface area contributed by atoms with Crippen molar-refractivity contribution in [2.45, 2.75) is 24.7 Å². The Labute approximate surface area is 132 Å². The van der Waals surface area contributed by atoms with E-state index in [1.54, 1.807) is 0 Å². The van der Waals surface area contributed by atoms with Crippen molar-refractivity contribution in [3.05, 3.63) is 58.6 Å². The standard InChI is InChI=1S/C17H16BrNO2/c18-13-5-7-14(8-6-13)19-10-9-17(16(19)20)11-12-3-1-2-4-15(12)21-17/h1-8,16,20H,9-11H2. The lowest BCUT2D eigenvalue weighted by molar-refractivity contribution is -0.0151. The predicted octanol–water partition coefficient (Wildman–Crippen LogP) is 3.35. The molecule has 4 heteroatoms. The van der Waals surface area contributed by atoms with Gasteiger partial charge in [-0.05, 0) is 35.9 Å². The van der Waals surface area contributed by atoms with Crippen molar-refractivity contribution >= 4 is 21.6 Å². The molecule has 2 heterocycles. The Morgan fingerprint density at radius 1 is 1.14 bits per heavy atom. The second-order valence-corrected chi connectivity index (χ2v) is 6.66. The Balaban J connectivity index is 1.62. The van der Waals surface area contributed by atoms with Crippen molar-refractivity contribution in [1.29, 1.82) is 0 Å². The molecule has 0 radical (unpaired) electrons. The van der Waals surface area contributed by atoms with Crippen LogP contribution in [0.3, 0.4) is 0 Å². The summed E-state index contributed by atoms with van der Waals surface area (Å²) in [4.78, 5) is 2.03. The number of aliphatic hydroxyl groups is 1. The van der Waals surface area contributed by atoms with E-state index in [1.165, 1.54) is 5.56 Å². The van der Waals surface area contributed by atoms with Crippen LogP contribution in [0.4, 0.5) is 5.69 Å². The zero-order valence-electron chi connectivity index (χ0n) is 11.5. The molecule has 2 atom stereocenters. The number of benzene rings is 2. The highest BCUT2D eigenvalue weighted by Gasteiger charge is 2.52. The molecule has 2 aliphatic rings. The van der Waals surface area contributed by atoms with E-state index in [0.29, 0.717) is 0 Å². The van der Waals surface area contributed by atoms with Crippen LogP contribution in [0, 0.1) is 0 Å². The van der Waals surface area contributed by atoms with Gasteiger partial charge in [-0.3, -0.25) is 0 Å². The molecule has 2 unspecified atom stereocenters. The van der Waals surface area contributed by atoms with Crippen LogP contribution < -0.4 is 9.64 Å². The summed E-state index contributed by atoms with van der Waals surface area (Å²) in [6.07, 6.45) is 0.988. The molecule has 1 saturated heterocycles. The van der Waals surface area contributed by atoms with Gasteiger partial charge in [-0.2, -0.15) is 0 Å². The number of nitrogens with zero attached hydrogens (tertiary/aromatic N) is 1. The van der Waals surface area contributed by atoms with Crippen LogP contribution in [0.25, 0.3) is 0 Å². The third-order valence-corrected chi connectivity index (χ3v) is 5.00. The first-order valence-electron chi connectivity index (χ1n) is 7.15. The molecule has 1 spiro atoms. The Morgan fingerprint density at radius 2 is 1.90 bits per heavy atom. The maximum Gasteiger partial charge on any atom is 0.167 e. The van der Waals surface area contributed by atoms with Gasteiger partial charge in [0, 0.05) is 29.5 Å². The van der Waals surface area contributed by atoms with Crippen LogP contribution >= 0.6 is 15.9 Å². The fraction of sp³-hybridized carbons (Fsp3) is 0.294. The number of halogens is 1. The van der Waals surface area contributed by atoms with E-state index in [-0.39, 0.29) is 0 Å². The van der Waals surface area contributed by atoms with Crippen LogP contribution in [-0.2, 0) is 6.42 Å². The molecule has 3 nitrogen and oxygen atoms in total. The Morgan fingerprint density at radius 3 is 2.67 bits per heavy atom. The highest BCUT2D eigenvalue weighted by molar-refractivity contribution is 9.10. The van der Waals surface area contributed by atoms with Crippen molar-refractivity contribution in [2.75, 3.05) is 11.4 Å². The van der Waals surface area contributed by atoms with Crippen molar-refractivity contribution in [3.8, 4) is 5.75 Å².